The first-order chi connectivity index (χ1) is 12.6. The minimum Gasteiger partial charge on any atom is -0.494 e. The van der Waals surface area contributed by atoms with Crippen molar-refractivity contribution >= 4 is 35.3 Å². The summed E-state index contributed by atoms with van der Waals surface area (Å²) in [5.41, 5.74) is 2.90. The number of carbonyl (C=O) groups is 1. The Hall–Kier alpha value is -2.24. The number of amides is 1. The van der Waals surface area contributed by atoms with Gasteiger partial charge in [-0.3, -0.25) is 4.79 Å². The van der Waals surface area contributed by atoms with Crippen LogP contribution < -0.4 is 14.9 Å². The van der Waals surface area contributed by atoms with Crippen molar-refractivity contribution in [2.75, 3.05) is 13.2 Å². The van der Waals surface area contributed by atoms with E-state index in [2.05, 4.69) is 17.5 Å². The zero-order valence-electron chi connectivity index (χ0n) is 14.4. The average molecular weight is 395 g/mol. The van der Waals surface area contributed by atoms with E-state index < -0.39 is 5.91 Å². The van der Waals surface area contributed by atoms with Gasteiger partial charge in [0.05, 0.1) is 22.9 Å². The molecule has 0 aliphatic heterocycles. The summed E-state index contributed by atoms with van der Waals surface area (Å²) in [4.78, 5) is 11.8. The molecule has 0 radical (unpaired) electrons. The number of unbranched alkanes of at least 4 members (excludes halogenated alkanes) is 1. The number of hydrogen-bond donors (Lipinski definition) is 1. The maximum Gasteiger partial charge on any atom is 0.277 e. The minimum atomic E-state index is -0.396. The van der Waals surface area contributed by atoms with Gasteiger partial charge in [0.15, 0.2) is 6.61 Å². The van der Waals surface area contributed by atoms with E-state index in [0.29, 0.717) is 28.0 Å². The number of nitrogens with zero attached hydrogens (tertiary/aromatic N) is 1. The topological polar surface area (TPSA) is 59.9 Å². The lowest BCUT2D eigenvalue weighted by Gasteiger charge is -2.08. The third kappa shape index (κ3) is 6.58. The zero-order chi connectivity index (χ0) is 18.8. The molecule has 0 bridgehead atoms. The third-order valence-electron chi connectivity index (χ3n) is 3.34. The van der Waals surface area contributed by atoms with E-state index in [1.54, 1.807) is 42.5 Å². The van der Waals surface area contributed by atoms with Crippen LogP contribution in [-0.2, 0) is 4.79 Å². The van der Waals surface area contributed by atoms with Crippen molar-refractivity contribution in [2.24, 2.45) is 5.10 Å². The molecule has 2 aromatic rings. The quantitative estimate of drug-likeness (QED) is 0.380. The Kier molecular flexibility index (Phi) is 8.25. The fourth-order valence-electron chi connectivity index (χ4n) is 1.95. The predicted molar refractivity (Wildman–Crippen MR) is 105 cm³/mol. The smallest absolute Gasteiger partial charge is 0.277 e. The molecule has 1 N–H and O–H groups in total. The summed E-state index contributed by atoms with van der Waals surface area (Å²) in [6.07, 6.45) is 3.49. The number of rotatable bonds is 9. The molecule has 0 spiro atoms. The Bertz CT molecular complexity index is 729. The second-order valence-corrected chi connectivity index (χ2v) is 6.21. The van der Waals surface area contributed by atoms with Crippen LogP contribution in [0.3, 0.4) is 0 Å². The molecule has 1 amide bonds. The van der Waals surface area contributed by atoms with E-state index in [9.17, 15) is 4.79 Å². The first-order valence-corrected chi connectivity index (χ1v) is 8.97. The summed E-state index contributed by atoms with van der Waals surface area (Å²) < 4.78 is 11.0. The van der Waals surface area contributed by atoms with Crippen LogP contribution in [0.1, 0.15) is 25.3 Å². The molecule has 0 aromatic heterocycles. The first-order valence-electron chi connectivity index (χ1n) is 8.21. The average Bonchev–Trinajstić information content (AvgIpc) is 2.64. The number of benzene rings is 2. The van der Waals surface area contributed by atoms with Crippen molar-refractivity contribution < 1.29 is 14.3 Å². The van der Waals surface area contributed by atoms with Gasteiger partial charge in [-0.05, 0) is 42.8 Å². The van der Waals surface area contributed by atoms with Gasteiger partial charge >= 0.3 is 0 Å². The van der Waals surface area contributed by atoms with Gasteiger partial charge in [0.25, 0.3) is 5.91 Å². The standard InChI is InChI=1S/C19H20Cl2N2O3/c1-2-3-11-25-14-7-9-15(10-8-14)26-13-19(24)23-22-12-16-17(20)5-4-6-18(16)21/h4-10,12H,2-3,11,13H2,1H3,(H,23,24)/b22-12+. The summed E-state index contributed by atoms with van der Waals surface area (Å²) >= 11 is 12.0. The molecule has 0 aliphatic carbocycles. The van der Waals surface area contributed by atoms with Gasteiger partial charge in [0, 0.05) is 5.56 Å². The van der Waals surface area contributed by atoms with E-state index in [0.717, 1.165) is 18.6 Å². The SMILES string of the molecule is CCCCOc1ccc(OCC(=O)N/N=C/c2c(Cl)cccc2Cl)cc1. The molecular weight excluding hydrogens is 375 g/mol. The van der Waals surface area contributed by atoms with Crippen molar-refractivity contribution in [3.63, 3.8) is 0 Å². The Morgan fingerprint density at radius 2 is 1.69 bits per heavy atom. The Morgan fingerprint density at radius 1 is 1.08 bits per heavy atom. The number of ether oxygens (including phenoxy) is 2. The molecule has 7 heteroatoms. The maximum absolute atomic E-state index is 11.8. The van der Waals surface area contributed by atoms with Gasteiger partial charge in [0.2, 0.25) is 0 Å². The third-order valence-corrected chi connectivity index (χ3v) is 4.00. The van der Waals surface area contributed by atoms with Gasteiger partial charge in [-0.2, -0.15) is 5.10 Å². The van der Waals surface area contributed by atoms with E-state index in [4.69, 9.17) is 32.7 Å². The van der Waals surface area contributed by atoms with Crippen LogP contribution in [0.25, 0.3) is 0 Å². The summed E-state index contributed by atoms with van der Waals surface area (Å²) in [5, 5.41) is 4.74. The number of hydrazone groups is 1. The molecule has 0 atom stereocenters. The molecule has 0 aliphatic rings. The summed E-state index contributed by atoms with van der Waals surface area (Å²) in [5.74, 6) is 0.949. The second-order valence-electron chi connectivity index (χ2n) is 5.39. The highest BCUT2D eigenvalue weighted by Gasteiger charge is 2.04. The van der Waals surface area contributed by atoms with E-state index in [1.165, 1.54) is 6.21 Å². The number of nitrogens with one attached hydrogen (secondary N) is 1. The highest BCUT2D eigenvalue weighted by molar-refractivity contribution is 6.38. The van der Waals surface area contributed by atoms with Crippen LogP contribution in [0.5, 0.6) is 11.5 Å². The molecule has 0 fully saturated rings. The lowest BCUT2D eigenvalue weighted by Crippen LogP contribution is -2.24. The predicted octanol–water partition coefficient (Wildman–Crippen LogP) is 4.70. The summed E-state index contributed by atoms with van der Waals surface area (Å²) in [7, 11) is 0. The van der Waals surface area contributed by atoms with Crippen LogP contribution in [-0.4, -0.2) is 25.3 Å². The molecule has 26 heavy (non-hydrogen) atoms. The Balaban J connectivity index is 1.77. The number of halogens is 2. The number of carbonyl (C=O) groups excluding carboxylic acids is 1. The molecule has 0 unspecified atom stereocenters. The Morgan fingerprint density at radius 3 is 2.31 bits per heavy atom. The number of hydrogen-bond acceptors (Lipinski definition) is 4. The van der Waals surface area contributed by atoms with Crippen molar-refractivity contribution in [1.29, 1.82) is 0 Å². The van der Waals surface area contributed by atoms with Crippen molar-refractivity contribution in [3.8, 4) is 11.5 Å². The highest BCUT2D eigenvalue weighted by atomic mass is 35.5. The lowest BCUT2D eigenvalue weighted by atomic mass is 10.2. The molecule has 0 heterocycles. The van der Waals surface area contributed by atoms with E-state index in [1.807, 2.05) is 0 Å². The van der Waals surface area contributed by atoms with Gasteiger partial charge in [0.1, 0.15) is 11.5 Å². The van der Waals surface area contributed by atoms with Crippen LogP contribution >= 0.6 is 23.2 Å². The van der Waals surface area contributed by atoms with Crippen molar-refractivity contribution in [2.45, 2.75) is 19.8 Å². The van der Waals surface area contributed by atoms with Gasteiger partial charge in [-0.1, -0.05) is 42.6 Å². The molecule has 0 saturated carbocycles. The van der Waals surface area contributed by atoms with E-state index in [-0.39, 0.29) is 6.61 Å². The van der Waals surface area contributed by atoms with Gasteiger partial charge < -0.3 is 9.47 Å². The van der Waals surface area contributed by atoms with Gasteiger partial charge in [-0.25, -0.2) is 5.43 Å². The molecule has 5 nitrogen and oxygen atoms in total. The largest absolute Gasteiger partial charge is 0.494 e. The Labute approximate surface area is 162 Å². The molecule has 0 saturated heterocycles. The fourth-order valence-corrected chi connectivity index (χ4v) is 2.45. The maximum atomic E-state index is 11.8. The molecular formula is C19H20Cl2N2O3. The molecule has 2 rings (SSSR count). The molecule has 138 valence electrons. The van der Waals surface area contributed by atoms with Crippen LogP contribution in [0.4, 0.5) is 0 Å². The van der Waals surface area contributed by atoms with Crippen molar-refractivity contribution in [3.05, 3.63) is 58.1 Å². The van der Waals surface area contributed by atoms with Crippen LogP contribution in [0, 0.1) is 0 Å². The highest BCUT2D eigenvalue weighted by Crippen LogP contribution is 2.22. The van der Waals surface area contributed by atoms with Gasteiger partial charge in [-0.15, -0.1) is 0 Å². The lowest BCUT2D eigenvalue weighted by molar-refractivity contribution is -0.123. The van der Waals surface area contributed by atoms with Crippen LogP contribution in [0.2, 0.25) is 10.0 Å². The fraction of sp³-hybridized carbons (Fsp3) is 0.263. The monoisotopic (exact) mass is 394 g/mol. The normalized spacial score (nSPS) is 10.7. The second kappa shape index (κ2) is 10.7. The van der Waals surface area contributed by atoms with E-state index >= 15 is 0 Å². The minimum absolute atomic E-state index is 0.163. The summed E-state index contributed by atoms with van der Waals surface area (Å²) in [6.45, 7) is 2.63. The first kappa shape index (κ1) is 20.1. The van der Waals surface area contributed by atoms with Crippen LogP contribution in [0.15, 0.2) is 47.6 Å². The zero-order valence-corrected chi connectivity index (χ0v) is 15.9. The van der Waals surface area contributed by atoms with Crippen molar-refractivity contribution in [1.82, 2.24) is 5.43 Å². The molecule has 2 aromatic carbocycles. The summed E-state index contributed by atoms with van der Waals surface area (Å²) in [6, 6.07) is 12.2.